The van der Waals surface area contributed by atoms with E-state index in [1.165, 1.54) is 12.4 Å². The molecule has 1 heterocycles. The van der Waals surface area contributed by atoms with Gasteiger partial charge in [-0.3, -0.25) is 0 Å². The molecular weight excluding hydrogens is 304 g/mol. The first-order valence-corrected chi connectivity index (χ1v) is 7.36. The van der Waals surface area contributed by atoms with E-state index in [1.54, 1.807) is 24.3 Å². The van der Waals surface area contributed by atoms with Crippen LogP contribution in [-0.2, 0) is 0 Å². The lowest BCUT2D eigenvalue weighted by Gasteiger charge is -2.09. The molecule has 6 heteroatoms. The van der Waals surface area contributed by atoms with Gasteiger partial charge in [0.25, 0.3) is 0 Å². The first kappa shape index (κ1) is 15.5. The summed E-state index contributed by atoms with van der Waals surface area (Å²) in [5.74, 6) is 0.248. The van der Waals surface area contributed by atoms with E-state index < -0.39 is 5.97 Å². The molecule has 24 heavy (non-hydrogen) atoms. The lowest BCUT2D eigenvalue weighted by molar-refractivity contribution is 0.0697. The van der Waals surface area contributed by atoms with Crippen LogP contribution >= 0.6 is 0 Å². The second-order valence-electron chi connectivity index (χ2n) is 5.29. The first-order chi connectivity index (χ1) is 11.6. The van der Waals surface area contributed by atoms with E-state index in [9.17, 15) is 4.79 Å². The number of hydrogen-bond acceptors (Lipinski definition) is 5. The lowest BCUT2D eigenvalue weighted by Crippen LogP contribution is -2.00. The fourth-order valence-electron chi connectivity index (χ4n) is 2.24. The Bertz CT molecular complexity index is 880. The van der Waals surface area contributed by atoms with Crippen molar-refractivity contribution in [2.45, 2.75) is 6.92 Å². The van der Waals surface area contributed by atoms with Crippen LogP contribution < -0.4 is 10.6 Å². The SMILES string of the molecule is Cc1cccc(Nc2cc(Nc3cccc(C(=O)O)c3)ncn2)c1. The number of hydrogen-bond donors (Lipinski definition) is 3. The number of aromatic carboxylic acids is 1. The van der Waals surface area contributed by atoms with Crippen LogP contribution in [0.15, 0.2) is 60.9 Å². The Morgan fingerprint density at radius 2 is 1.54 bits per heavy atom. The minimum atomic E-state index is -0.969. The molecule has 3 rings (SSSR count). The molecule has 0 unspecified atom stereocenters. The molecule has 0 aliphatic rings. The number of aryl methyl sites for hydroxylation is 1. The summed E-state index contributed by atoms with van der Waals surface area (Å²) in [6.45, 7) is 2.02. The van der Waals surface area contributed by atoms with Crippen LogP contribution in [0.3, 0.4) is 0 Å². The topological polar surface area (TPSA) is 87.1 Å². The Morgan fingerprint density at radius 1 is 0.917 bits per heavy atom. The maximum atomic E-state index is 11.0. The van der Waals surface area contributed by atoms with Gasteiger partial charge >= 0.3 is 5.97 Å². The molecule has 6 nitrogen and oxygen atoms in total. The van der Waals surface area contributed by atoms with Crippen molar-refractivity contribution >= 4 is 29.0 Å². The third kappa shape index (κ3) is 3.86. The third-order valence-electron chi connectivity index (χ3n) is 3.34. The number of carbonyl (C=O) groups is 1. The molecule has 0 saturated heterocycles. The zero-order valence-corrected chi connectivity index (χ0v) is 13.0. The summed E-state index contributed by atoms with van der Waals surface area (Å²) < 4.78 is 0. The van der Waals surface area contributed by atoms with Crippen molar-refractivity contribution < 1.29 is 9.90 Å². The van der Waals surface area contributed by atoms with Gasteiger partial charge in [0, 0.05) is 17.4 Å². The number of nitrogens with zero attached hydrogens (tertiary/aromatic N) is 2. The molecule has 0 atom stereocenters. The van der Waals surface area contributed by atoms with Gasteiger partial charge in [-0.05, 0) is 42.8 Å². The average Bonchev–Trinajstić information content (AvgIpc) is 2.55. The molecule has 0 saturated carbocycles. The number of rotatable bonds is 5. The molecule has 2 aromatic carbocycles. The molecular formula is C18H16N4O2. The predicted molar refractivity (Wildman–Crippen MR) is 93.2 cm³/mol. The van der Waals surface area contributed by atoms with Crippen LogP contribution in [0.5, 0.6) is 0 Å². The van der Waals surface area contributed by atoms with E-state index in [1.807, 2.05) is 31.2 Å². The van der Waals surface area contributed by atoms with E-state index in [4.69, 9.17) is 5.11 Å². The number of nitrogens with one attached hydrogen (secondary N) is 2. The fraction of sp³-hybridized carbons (Fsp3) is 0.0556. The van der Waals surface area contributed by atoms with E-state index >= 15 is 0 Å². The van der Waals surface area contributed by atoms with Crippen LogP contribution in [0.4, 0.5) is 23.0 Å². The monoisotopic (exact) mass is 320 g/mol. The predicted octanol–water partition coefficient (Wildman–Crippen LogP) is 3.97. The quantitative estimate of drug-likeness (QED) is 0.659. The summed E-state index contributed by atoms with van der Waals surface area (Å²) in [5.41, 5.74) is 2.95. The highest BCUT2D eigenvalue weighted by molar-refractivity contribution is 5.89. The second kappa shape index (κ2) is 6.78. The third-order valence-corrected chi connectivity index (χ3v) is 3.34. The normalized spacial score (nSPS) is 10.2. The molecule has 0 fully saturated rings. The molecule has 120 valence electrons. The molecule has 0 aliphatic carbocycles. The Morgan fingerprint density at radius 3 is 2.17 bits per heavy atom. The van der Waals surface area contributed by atoms with E-state index in [-0.39, 0.29) is 5.56 Å². The molecule has 3 N–H and O–H groups in total. The van der Waals surface area contributed by atoms with Crippen molar-refractivity contribution in [1.82, 2.24) is 9.97 Å². The summed E-state index contributed by atoms with van der Waals surface area (Å²) >= 11 is 0. The molecule has 0 bridgehead atoms. The van der Waals surface area contributed by atoms with Crippen molar-refractivity contribution in [3.8, 4) is 0 Å². The first-order valence-electron chi connectivity index (χ1n) is 7.36. The maximum absolute atomic E-state index is 11.0. The fourth-order valence-corrected chi connectivity index (χ4v) is 2.24. The smallest absolute Gasteiger partial charge is 0.335 e. The Balaban J connectivity index is 1.78. The van der Waals surface area contributed by atoms with Gasteiger partial charge in [-0.2, -0.15) is 0 Å². The molecule has 0 aliphatic heterocycles. The second-order valence-corrected chi connectivity index (χ2v) is 5.29. The number of carboxylic acids is 1. The van der Waals surface area contributed by atoms with Gasteiger partial charge in [-0.25, -0.2) is 14.8 Å². The highest BCUT2D eigenvalue weighted by Gasteiger charge is 2.05. The highest BCUT2D eigenvalue weighted by atomic mass is 16.4. The van der Waals surface area contributed by atoms with Crippen molar-refractivity contribution in [1.29, 1.82) is 0 Å². The van der Waals surface area contributed by atoms with E-state index in [0.29, 0.717) is 17.3 Å². The zero-order valence-electron chi connectivity index (χ0n) is 13.0. The summed E-state index contributed by atoms with van der Waals surface area (Å²) in [6, 6.07) is 16.3. The summed E-state index contributed by atoms with van der Waals surface area (Å²) in [4.78, 5) is 19.4. The van der Waals surface area contributed by atoms with Crippen LogP contribution in [-0.4, -0.2) is 21.0 Å². The van der Waals surface area contributed by atoms with Crippen LogP contribution in [0.25, 0.3) is 0 Å². The van der Waals surface area contributed by atoms with Crippen LogP contribution in [0, 0.1) is 6.92 Å². The van der Waals surface area contributed by atoms with Gasteiger partial charge < -0.3 is 15.7 Å². The maximum Gasteiger partial charge on any atom is 0.335 e. The van der Waals surface area contributed by atoms with E-state index in [2.05, 4.69) is 20.6 Å². The Kier molecular flexibility index (Phi) is 4.38. The number of anilines is 4. The molecule has 0 spiro atoms. The Hall–Kier alpha value is -3.41. The van der Waals surface area contributed by atoms with Gasteiger partial charge in [0.15, 0.2) is 0 Å². The minimum Gasteiger partial charge on any atom is -0.478 e. The summed E-state index contributed by atoms with van der Waals surface area (Å²) in [6.07, 6.45) is 1.45. The molecule has 0 radical (unpaired) electrons. The van der Waals surface area contributed by atoms with Crippen LogP contribution in [0.2, 0.25) is 0 Å². The number of aromatic nitrogens is 2. The van der Waals surface area contributed by atoms with Crippen molar-refractivity contribution in [2.24, 2.45) is 0 Å². The minimum absolute atomic E-state index is 0.215. The van der Waals surface area contributed by atoms with Crippen molar-refractivity contribution in [3.63, 3.8) is 0 Å². The largest absolute Gasteiger partial charge is 0.478 e. The molecule has 0 amide bonds. The van der Waals surface area contributed by atoms with E-state index in [0.717, 1.165) is 11.3 Å². The van der Waals surface area contributed by atoms with Gasteiger partial charge in [0.2, 0.25) is 0 Å². The molecule has 1 aromatic heterocycles. The van der Waals surface area contributed by atoms with Crippen LogP contribution in [0.1, 0.15) is 15.9 Å². The standard InChI is InChI=1S/C18H16N4O2/c1-12-4-2-6-14(8-12)21-16-10-17(20-11-19-16)22-15-7-3-5-13(9-15)18(23)24/h2-11H,1H3,(H,23,24)(H2,19,20,21,22). The lowest BCUT2D eigenvalue weighted by atomic mass is 10.2. The summed E-state index contributed by atoms with van der Waals surface area (Å²) in [5, 5.41) is 15.3. The molecule has 3 aromatic rings. The highest BCUT2D eigenvalue weighted by Crippen LogP contribution is 2.20. The number of carboxylic acid groups (broad SMARTS) is 1. The van der Waals surface area contributed by atoms with Gasteiger partial charge in [-0.1, -0.05) is 18.2 Å². The summed E-state index contributed by atoms with van der Waals surface area (Å²) in [7, 11) is 0. The van der Waals surface area contributed by atoms with Crippen molar-refractivity contribution in [2.75, 3.05) is 10.6 Å². The van der Waals surface area contributed by atoms with Crippen molar-refractivity contribution in [3.05, 3.63) is 72.1 Å². The average molecular weight is 320 g/mol. The zero-order chi connectivity index (χ0) is 16.9. The van der Waals surface area contributed by atoms with Gasteiger partial charge in [0.05, 0.1) is 5.56 Å². The Labute approximate surface area is 139 Å². The van der Waals surface area contributed by atoms with Gasteiger partial charge in [-0.15, -0.1) is 0 Å². The van der Waals surface area contributed by atoms with Gasteiger partial charge in [0.1, 0.15) is 18.0 Å². The number of benzene rings is 2.